The fourth-order valence-electron chi connectivity index (χ4n) is 4.25. The van der Waals surface area contributed by atoms with E-state index in [0.717, 1.165) is 29.6 Å². The average molecular weight is 177 g/mol. The Balaban J connectivity index is 1.86. The summed E-state index contributed by atoms with van der Waals surface area (Å²) in [7, 11) is 0. The molecule has 3 bridgehead atoms. The first-order chi connectivity index (χ1) is 6.33. The van der Waals surface area contributed by atoms with E-state index in [0.29, 0.717) is 0 Å². The first-order valence-corrected chi connectivity index (χ1v) is 6.16. The highest BCUT2D eigenvalue weighted by molar-refractivity contribution is 4.93. The number of rotatable bonds is 0. The minimum Gasteiger partial charge on any atom is -0.0502 e. The Morgan fingerprint density at radius 2 is 1.46 bits per heavy atom. The average Bonchev–Trinajstić information content (AvgIpc) is 2.23. The monoisotopic (exact) mass is 177 g/mol. The second kappa shape index (κ2) is 3.00. The molecular formula is C13H21. The lowest BCUT2D eigenvalue weighted by Gasteiger charge is -2.41. The molecule has 0 heteroatoms. The first-order valence-electron chi connectivity index (χ1n) is 6.16. The van der Waals surface area contributed by atoms with Crippen molar-refractivity contribution in [2.75, 3.05) is 0 Å². The lowest BCUT2D eigenvalue weighted by molar-refractivity contribution is 0.100. The van der Waals surface area contributed by atoms with Gasteiger partial charge in [0.05, 0.1) is 0 Å². The summed E-state index contributed by atoms with van der Waals surface area (Å²) in [4.78, 5) is 0. The molecule has 5 unspecified atom stereocenters. The molecule has 0 nitrogen and oxygen atoms in total. The standard InChI is InChI=1S/C13H21/c1-9-6-12-5-3-10-2-4-11(9)8-13(12)7-10/h9-13H,1-8H2. The van der Waals surface area contributed by atoms with Gasteiger partial charge in [0.2, 0.25) is 0 Å². The van der Waals surface area contributed by atoms with Crippen molar-refractivity contribution < 1.29 is 0 Å². The first kappa shape index (κ1) is 8.32. The third kappa shape index (κ3) is 1.33. The van der Waals surface area contributed by atoms with Crippen LogP contribution in [0.4, 0.5) is 0 Å². The zero-order valence-electron chi connectivity index (χ0n) is 8.54. The third-order valence-electron chi connectivity index (χ3n) is 5.07. The maximum atomic E-state index is 4.38. The van der Waals surface area contributed by atoms with Crippen LogP contribution < -0.4 is 0 Å². The van der Waals surface area contributed by atoms with Crippen molar-refractivity contribution in [3.8, 4) is 0 Å². The van der Waals surface area contributed by atoms with E-state index in [1.807, 2.05) is 0 Å². The van der Waals surface area contributed by atoms with Gasteiger partial charge in [-0.3, -0.25) is 0 Å². The van der Waals surface area contributed by atoms with Crippen LogP contribution in [0, 0.1) is 36.5 Å². The quantitative estimate of drug-likeness (QED) is 0.529. The Morgan fingerprint density at radius 3 is 2.31 bits per heavy atom. The molecule has 0 aliphatic heterocycles. The van der Waals surface area contributed by atoms with Gasteiger partial charge < -0.3 is 0 Å². The summed E-state index contributed by atoms with van der Waals surface area (Å²) < 4.78 is 0. The zero-order valence-corrected chi connectivity index (χ0v) is 8.54. The summed E-state index contributed by atoms with van der Waals surface area (Å²) >= 11 is 0. The molecule has 0 spiro atoms. The largest absolute Gasteiger partial charge is 0.0502 e. The van der Waals surface area contributed by atoms with E-state index in [1.54, 1.807) is 12.8 Å². The van der Waals surface area contributed by atoms with E-state index < -0.39 is 0 Å². The molecule has 3 aliphatic rings. The fourth-order valence-corrected chi connectivity index (χ4v) is 4.25. The summed E-state index contributed by atoms with van der Waals surface area (Å²) in [5, 5.41) is 0. The maximum absolute atomic E-state index is 4.38. The summed E-state index contributed by atoms with van der Waals surface area (Å²) in [5.74, 6) is 5.11. The van der Waals surface area contributed by atoms with Crippen LogP contribution in [0.2, 0.25) is 0 Å². The summed E-state index contributed by atoms with van der Waals surface area (Å²) in [6, 6.07) is 0. The van der Waals surface area contributed by atoms with Crippen LogP contribution in [0.1, 0.15) is 44.9 Å². The van der Waals surface area contributed by atoms with Crippen LogP contribution in [0.5, 0.6) is 0 Å². The van der Waals surface area contributed by atoms with E-state index in [1.165, 1.54) is 32.1 Å². The van der Waals surface area contributed by atoms with Crippen molar-refractivity contribution >= 4 is 0 Å². The second-order valence-electron chi connectivity index (χ2n) is 5.77. The highest BCUT2D eigenvalue weighted by atomic mass is 14.5. The molecule has 73 valence electrons. The Bertz CT molecular complexity index is 196. The molecule has 0 N–H and O–H groups in total. The van der Waals surface area contributed by atoms with E-state index in [-0.39, 0.29) is 0 Å². The number of hydrogen-bond donors (Lipinski definition) is 0. The van der Waals surface area contributed by atoms with E-state index in [4.69, 9.17) is 0 Å². The van der Waals surface area contributed by atoms with Gasteiger partial charge in [-0.25, -0.2) is 0 Å². The van der Waals surface area contributed by atoms with Gasteiger partial charge in [-0.1, -0.05) is 12.8 Å². The summed E-state index contributed by atoms with van der Waals surface area (Å²) in [6.45, 7) is 4.38. The third-order valence-corrected chi connectivity index (χ3v) is 5.07. The Hall–Kier alpha value is 0. The van der Waals surface area contributed by atoms with Gasteiger partial charge in [0.1, 0.15) is 0 Å². The molecule has 3 saturated carbocycles. The molecule has 3 rings (SSSR count). The van der Waals surface area contributed by atoms with Gasteiger partial charge >= 0.3 is 0 Å². The van der Waals surface area contributed by atoms with Gasteiger partial charge in [0.25, 0.3) is 0 Å². The van der Waals surface area contributed by atoms with Crippen LogP contribution >= 0.6 is 0 Å². The lowest BCUT2D eigenvalue weighted by atomic mass is 9.64. The van der Waals surface area contributed by atoms with Gasteiger partial charge in [0, 0.05) is 0 Å². The number of fused-ring (bicyclic) bond motifs is 2. The SMILES string of the molecule is [CH2]C1CC2CCC3CCC1CC2C3. The predicted molar refractivity (Wildman–Crippen MR) is 55.1 cm³/mol. The predicted octanol–water partition coefficient (Wildman–Crippen LogP) is 3.67. The topological polar surface area (TPSA) is 0 Å². The Kier molecular flexibility index (Phi) is 1.92. The zero-order chi connectivity index (χ0) is 8.84. The van der Waals surface area contributed by atoms with Gasteiger partial charge in [-0.2, -0.15) is 0 Å². The molecular weight excluding hydrogens is 156 g/mol. The molecule has 0 aromatic heterocycles. The molecule has 0 aromatic rings. The molecule has 3 fully saturated rings. The van der Waals surface area contributed by atoms with E-state index in [2.05, 4.69) is 6.92 Å². The van der Waals surface area contributed by atoms with Crippen molar-refractivity contribution in [1.82, 2.24) is 0 Å². The van der Waals surface area contributed by atoms with Gasteiger partial charge in [-0.15, -0.1) is 0 Å². The molecule has 0 heterocycles. The van der Waals surface area contributed by atoms with Crippen LogP contribution in [-0.4, -0.2) is 0 Å². The highest BCUT2D eigenvalue weighted by Crippen LogP contribution is 2.51. The minimum atomic E-state index is 0.804. The summed E-state index contributed by atoms with van der Waals surface area (Å²) in [5.41, 5.74) is 0. The van der Waals surface area contributed by atoms with Crippen LogP contribution in [-0.2, 0) is 0 Å². The van der Waals surface area contributed by atoms with Gasteiger partial charge in [-0.05, 0) is 68.6 Å². The molecule has 13 heavy (non-hydrogen) atoms. The fraction of sp³-hybridized carbons (Fsp3) is 0.923. The lowest BCUT2D eigenvalue weighted by Crippen LogP contribution is -2.32. The Labute approximate surface area is 82.1 Å². The highest BCUT2D eigenvalue weighted by Gasteiger charge is 2.41. The van der Waals surface area contributed by atoms with Gasteiger partial charge in [0.15, 0.2) is 0 Å². The number of hydrogen-bond acceptors (Lipinski definition) is 0. The van der Waals surface area contributed by atoms with Crippen LogP contribution in [0.15, 0.2) is 0 Å². The van der Waals surface area contributed by atoms with Crippen molar-refractivity contribution in [2.24, 2.45) is 29.6 Å². The molecule has 5 atom stereocenters. The van der Waals surface area contributed by atoms with E-state index in [9.17, 15) is 0 Å². The summed E-state index contributed by atoms with van der Waals surface area (Å²) in [6.07, 6.45) is 10.7. The van der Waals surface area contributed by atoms with Crippen LogP contribution in [0.25, 0.3) is 0 Å². The normalized spacial score (nSPS) is 54.7. The van der Waals surface area contributed by atoms with Crippen molar-refractivity contribution in [3.63, 3.8) is 0 Å². The Morgan fingerprint density at radius 1 is 0.692 bits per heavy atom. The van der Waals surface area contributed by atoms with Crippen molar-refractivity contribution in [3.05, 3.63) is 6.92 Å². The smallest absolute Gasteiger partial charge is 0.0380 e. The van der Waals surface area contributed by atoms with E-state index >= 15 is 0 Å². The molecule has 0 amide bonds. The molecule has 0 aromatic carbocycles. The minimum absolute atomic E-state index is 0.804. The van der Waals surface area contributed by atoms with Crippen LogP contribution in [0.3, 0.4) is 0 Å². The molecule has 3 aliphatic carbocycles. The molecule has 1 radical (unpaired) electrons. The van der Waals surface area contributed by atoms with Crippen molar-refractivity contribution in [1.29, 1.82) is 0 Å². The molecule has 0 saturated heterocycles. The second-order valence-corrected chi connectivity index (χ2v) is 5.77. The maximum Gasteiger partial charge on any atom is -0.0380 e. The van der Waals surface area contributed by atoms with Crippen molar-refractivity contribution in [2.45, 2.75) is 44.9 Å².